The topological polar surface area (TPSA) is 56.5 Å². The molecule has 2 aromatic carbocycles. The number of aryl methyl sites for hydroxylation is 1. The molecule has 0 radical (unpaired) electrons. The second-order valence-electron chi connectivity index (χ2n) is 6.91. The van der Waals surface area contributed by atoms with Crippen molar-refractivity contribution >= 4 is 23.0 Å². The van der Waals surface area contributed by atoms with Crippen LogP contribution in [0.1, 0.15) is 42.0 Å². The third-order valence-corrected chi connectivity index (χ3v) is 4.51. The zero-order valence-electron chi connectivity index (χ0n) is 16.0. The van der Waals surface area contributed by atoms with Crippen LogP contribution in [-0.4, -0.2) is 5.97 Å². The van der Waals surface area contributed by atoms with Crippen LogP contribution in [-0.2, 0) is 16.1 Å². The Morgan fingerprint density at radius 3 is 2.68 bits per heavy atom. The predicted octanol–water partition coefficient (Wildman–Crippen LogP) is 5.12. The van der Waals surface area contributed by atoms with Crippen molar-refractivity contribution in [3.63, 3.8) is 0 Å². The largest absolute Gasteiger partial charge is 0.458 e. The summed E-state index contributed by atoms with van der Waals surface area (Å²) in [6, 6.07) is 11.3. The van der Waals surface area contributed by atoms with E-state index in [-0.39, 0.29) is 6.61 Å². The SMILES string of the molecule is Cc1cc2oc(=O)cc(COC(=O)/C=C/c3ccccc3F)c2cc1C(C)C. The van der Waals surface area contributed by atoms with Gasteiger partial charge in [-0.15, -0.1) is 0 Å². The number of rotatable bonds is 5. The number of hydrogen-bond acceptors (Lipinski definition) is 4. The van der Waals surface area contributed by atoms with Gasteiger partial charge in [0.05, 0.1) is 0 Å². The summed E-state index contributed by atoms with van der Waals surface area (Å²) in [5.74, 6) is -0.744. The minimum Gasteiger partial charge on any atom is -0.458 e. The van der Waals surface area contributed by atoms with E-state index in [4.69, 9.17) is 9.15 Å². The molecule has 0 unspecified atom stereocenters. The lowest BCUT2D eigenvalue weighted by atomic mass is 9.95. The van der Waals surface area contributed by atoms with Crippen molar-refractivity contribution in [2.45, 2.75) is 33.3 Å². The Balaban J connectivity index is 1.83. The Labute approximate surface area is 162 Å². The highest BCUT2D eigenvalue weighted by Crippen LogP contribution is 2.27. The molecule has 4 nitrogen and oxygen atoms in total. The van der Waals surface area contributed by atoms with Gasteiger partial charge in [0.25, 0.3) is 0 Å². The average molecular weight is 380 g/mol. The third kappa shape index (κ3) is 4.36. The van der Waals surface area contributed by atoms with Gasteiger partial charge in [-0.05, 0) is 48.2 Å². The molecule has 3 aromatic rings. The molecule has 0 aliphatic rings. The summed E-state index contributed by atoms with van der Waals surface area (Å²) >= 11 is 0. The molecule has 144 valence electrons. The first-order valence-corrected chi connectivity index (χ1v) is 9.02. The molecule has 0 fully saturated rings. The Morgan fingerprint density at radius 1 is 1.21 bits per heavy atom. The van der Waals surface area contributed by atoms with Gasteiger partial charge in [-0.1, -0.05) is 32.0 Å². The summed E-state index contributed by atoms with van der Waals surface area (Å²) in [6.45, 7) is 6.05. The first-order valence-electron chi connectivity index (χ1n) is 9.02. The van der Waals surface area contributed by atoms with Crippen LogP contribution in [0.2, 0.25) is 0 Å². The van der Waals surface area contributed by atoms with Crippen LogP contribution in [0.5, 0.6) is 0 Å². The number of hydrogen-bond donors (Lipinski definition) is 0. The highest BCUT2D eigenvalue weighted by molar-refractivity contribution is 5.87. The Morgan fingerprint density at radius 2 is 1.96 bits per heavy atom. The van der Waals surface area contributed by atoms with E-state index >= 15 is 0 Å². The first-order chi connectivity index (χ1) is 13.3. The van der Waals surface area contributed by atoms with E-state index in [2.05, 4.69) is 13.8 Å². The number of carbonyl (C=O) groups is 1. The molecule has 0 aliphatic heterocycles. The summed E-state index contributed by atoms with van der Waals surface area (Å²) in [5.41, 5.74) is 2.99. The normalized spacial score (nSPS) is 11.5. The highest BCUT2D eigenvalue weighted by atomic mass is 19.1. The number of carbonyl (C=O) groups excluding carboxylic acids is 1. The fourth-order valence-corrected chi connectivity index (χ4v) is 3.10. The average Bonchev–Trinajstić information content (AvgIpc) is 2.64. The maximum atomic E-state index is 13.6. The monoisotopic (exact) mass is 380 g/mol. The number of ether oxygens (including phenoxy) is 1. The molecule has 28 heavy (non-hydrogen) atoms. The minimum atomic E-state index is -0.624. The standard InChI is InChI=1S/C23H21FO4/c1-14(2)18-12-19-17(11-23(26)28-21(19)10-15(18)3)13-27-22(25)9-8-16-6-4-5-7-20(16)24/h4-12,14H,13H2,1-3H3/b9-8+. The minimum absolute atomic E-state index is 0.0802. The van der Waals surface area contributed by atoms with Gasteiger partial charge < -0.3 is 9.15 Å². The van der Waals surface area contributed by atoms with Crippen LogP contribution in [0.15, 0.2) is 57.8 Å². The summed E-state index contributed by atoms with van der Waals surface area (Å²) in [5, 5.41) is 0.736. The van der Waals surface area contributed by atoms with Gasteiger partial charge in [0, 0.05) is 28.7 Å². The summed E-state index contributed by atoms with van der Waals surface area (Å²) in [7, 11) is 0. The molecule has 0 N–H and O–H groups in total. The van der Waals surface area contributed by atoms with E-state index < -0.39 is 17.4 Å². The van der Waals surface area contributed by atoms with Crippen LogP contribution in [0.25, 0.3) is 17.0 Å². The maximum absolute atomic E-state index is 13.6. The lowest BCUT2D eigenvalue weighted by Crippen LogP contribution is -2.06. The third-order valence-electron chi connectivity index (χ3n) is 4.51. The van der Waals surface area contributed by atoms with E-state index in [1.54, 1.807) is 18.2 Å². The van der Waals surface area contributed by atoms with Crippen molar-refractivity contribution in [1.29, 1.82) is 0 Å². The zero-order chi connectivity index (χ0) is 20.3. The number of benzene rings is 2. The van der Waals surface area contributed by atoms with Crippen LogP contribution in [0.4, 0.5) is 4.39 Å². The molecule has 0 saturated heterocycles. The molecular formula is C23H21FO4. The quantitative estimate of drug-likeness (QED) is 0.350. The van der Waals surface area contributed by atoms with Crippen molar-refractivity contribution in [2.75, 3.05) is 0 Å². The fraction of sp³-hybridized carbons (Fsp3) is 0.217. The first kappa shape index (κ1) is 19.5. The molecule has 1 heterocycles. The van der Waals surface area contributed by atoms with Gasteiger partial charge in [-0.3, -0.25) is 0 Å². The zero-order valence-corrected chi connectivity index (χ0v) is 16.0. The Bertz CT molecular complexity index is 1110. The number of halogens is 1. The van der Waals surface area contributed by atoms with Crippen LogP contribution in [0, 0.1) is 12.7 Å². The molecule has 5 heteroatoms. The van der Waals surface area contributed by atoms with Crippen molar-refractivity contribution in [3.8, 4) is 0 Å². The van der Waals surface area contributed by atoms with Crippen molar-refractivity contribution < 1.29 is 18.3 Å². The fourth-order valence-electron chi connectivity index (χ4n) is 3.10. The van der Waals surface area contributed by atoms with E-state index in [1.807, 2.05) is 19.1 Å². The predicted molar refractivity (Wildman–Crippen MR) is 107 cm³/mol. The molecule has 1 aromatic heterocycles. The van der Waals surface area contributed by atoms with Gasteiger partial charge in [-0.25, -0.2) is 14.0 Å². The number of fused-ring (bicyclic) bond motifs is 1. The van der Waals surface area contributed by atoms with Crippen LogP contribution >= 0.6 is 0 Å². The van der Waals surface area contributed by atoms with Crippen molar-refractivity contribution in [1.82, 2.24) is 0 Å². The lowest BCUT2D eigenvalue weighted by molar-refractivity contribution is -0.138. The summed E-state index contributed by atoms with van der Waals surface area (Å²) < 4.78 is 24.1. The van der Waals surface area contributed by atoms with Crippen LogP contribution in [0.3, 0.4) is 0 Å². The second-order valence-corrected chi connectivity index (χ2v) is 6.91. The summed E-state index contributed by atoms with van der Waals surface area (Å²) in [4.78, 5) is 23.9. The van der Waals surface area contributed by atoms with E-state index in [1.165, 1.54) is 18.2 Å². The second kappa shape index (κ2) is 8.21. The van der Waals surface area contributed by atoms with Gasteiger partial charge in [0.1, 0.15) is 18.0 Å². The molecule has 0 bridgehead atoms. The van der Waals surface area contributed by atoms with E-state index in [9.17, 15) is 14.0 Å². The molecule has 0 spiro atoms. The van der Waals surface area contributed by atoms with Crippen LogP contribution < -0.4 is 5.63 Å². The molecule has 0 saturated carbocycles. The number of esters is 1. The van der Waals surface area contributed by atoms with Crippen molar-refractivity contribution in [2.24, 2.45) is 0 Å². The van der Waals surface area contributed by atoms with Gasteiger partial charge in [0.15, 0.2) is 0 Å². The maximum Gasteiger partial charge on any atom is 0.336 e. The highest BCUT2D eigenvalue weighted by Gasteiger charge is 2.12. The van der Waals surface area contributed by atoms with Crippen molar-refractivity contribution in [3.05, 3.63) is 87.0 Å². The molecule has 0 atom stereocenters. The lowest BCUT2D eigenvalue weighted by Gasteiger charge is -2.13. The Hall–Kier alpha value is -3.21. The molecule has 0 amide bonds. The van der Waals surface area contributed by atoms with Gasteiger partial charge in [0.2, 0.25) is 0 Å². The van der Waals surface area contributed by atoms with Gasteiger partial charge >= 0.3 is 11.6 Å². The smallest absolute Gasteiger partial charge is 0.336 e. The van der Waals surface area contributed by atoms with Gasteiger partial charge in [-0.2, -0.15) is 0 Å². The van der Waals surface area contributed by atoms with E-state index in [0.717, 1.165) is 22.6 Å². The Kier molecular flexibility index (Phi) is 5.73. The van der Waals surface area contributed by atoms with E-state index in [0.29, 0.717) is 22.6 Å². The molecule has 0 aliphatic carbocycles. The summed E-state index contributed by atoms with van der Waals surface area (Å²) in [6.07, 6.45) is 2.52. The molecule has 3 rings (SSSR count). The molecular weight excluding hydrogens is 359 g/mol.